The zero-order chi connectivity index (χ0) is 16.6. The third kappa shape index (κ3) is 3.44. The molecule has 23 heavy (non-hydrogen) atoms. The summed E-state index contributed by atoms with van der Waals surface area (Å²) in [6.07, 6.45) is 0. The van der Waals surface area contributed by atoms with E-state index in [1.807, 2.05) is 32.0 Å². The van der Waals surface area contributed by atoms with Crippen LogP contribution in [0.3, 0.4) is 0 Å². The molecule has 5 nitrogen and oxygen atoms in total. The molecule has 0 aliphatic rings. The highest BCUT2D eigenvalue weighted by Gasteiger charge is 2.17. The molecular formula is C15H14N2O3S3. The Bertz CT molecular complexity index is 844. The molecule has 120 valence electrons. The summed E-state index contributed by atoms with van der Waals surface area (Å²) in [6, 6.07) is 5.40. The first-order chi connectivity index (χ1) is 10.9. The molecule has 0 amide bonds. The smallest absolute Gasteiger partial charge is 0.348 e. The molecule has 0 radical (unpaired) electrons. The number of Topliss-reactive ketones (excluding diaryl/α,β-unsaturated/α-hetero) is 1. The van der Waals surface area contributed by atoms with Gasteiger partial charge in [-0.25, -0.2) is 9.78 Å². The summed E-state index contributed by atoms with van der Waals surface area (Å²) >= 11 is 4.21. The van der Waals surface area contributed by atoms with E-state index >= 15 is 0 Å². The predicted molar refractivity (Wildman–Crippen MR) is 95.5 cm³/mol. The Balaban J connectivity index is 1.66. The highest BCUT2D eigenvalue weighted by atomic mass is 32.1. The SMILES string of the molecule is Cc1ccc(C(=O)COC(=O)c2cc3sc(N(C)C)nc3s2)s1. The molecule has 0 aliphatic heterocycles. The lowest BCUT2D eigenvalue weighted by Crippen LogP contribution is -2.12. The Morgan fingerprint density at radius 2 is 1.96 bits per heavy atom. The number of fused-ring (bicyclic) bond motifs is 1. The number of esters is 1. The third-order valence-electron chi connectivity index (χ3n) is 3.01. The van der Waals surface area contributed by atoms with Gasteiger partial charge < -0.3 is 9.64 Å². The molecule has 0 N–H and O–H groups in total. The number of anilines is 1. The number of thiophene rings is 2. The topological polar surface area (TPSA) is 59.5 Å². The highest BCUT2D eigenvalue weighted by molar-refractivity contribution is 7.29. The number of thiazole rings is 1. The summed E-state index contributed by atoms with van der Waals surface area (Å²) in [5.41, 5.74) is 0. The number of hydrogen-bond acceptors (Lipinski definition) is 8. The van der Waals surface area contributed by atoms with Gasteiger partial charge in [0.1, 0.15) is 9.71 Å². The highest BCUT2D eigenvalue weighted by Crippen LogP contribution is 2.34. The van der Waals surface area contributed by atoms with Crippen LogP contribution in [0.1, 0.15) is 24.2 Å². The third-order valence-corrected chi connectivity index (χ3v) is 6.36. The molecule has 0 bridgehead atoms. The molecule has 3 aromatic heterocycles. The molecule has 0 saturated heterocycles. The number of carbonyl (C=O) groups excluding carboxylic acids is 2. The first kappa shape index (κ1) is 16.1. The van der Waals surface area contributed by atoms with Crippen molar-refractivity contribution < 1.29 is 14.3 Å². The van der Waals surface area contributed by atoms with Crippen LogP contribution in [0.15, 0.2) is 18.2 Å². The fourth-order valence-corrected chi connectivity index (χ4v) is 4.69. The normalized spacial score (nSPS) is 10.9. The minimum Gasteiger partial charge on any atom is -0.453 e. The Labute approximate surface area is 145 Å². The van der Waals surface area contributed by atoms with Crippen molar-refractivity contribution in [3.05, 3.63) is 32.8 Å². The molecule has 0 aliphatic carbocycles. The van der Waals surface area contributed by atoms with Crippen LogP contribution >= 0.6 is 34.0 Å². The summed E-state index contributed by atoms with van der Waals surface area (Å²) < 4.78 is 6.08. The van der Waals surface area contributed by atoms with Gasteiger partial charge in [-0.1, -0.05) is 11.3 Å². The van der Waals surface area contributed by atoms with Crippen molar-refractivity contribution in [2.75, 3.05) is 25.6 Å². The van der Waals surface area contributed by atoms with Gasteiger partial charge in [0.2, 0.25) is 5.78 Å². The average Bonchev–Trinajstić information content (AvgIpc) is 3.17. The summed E-state index contributed by atoms with van der Waals surface area (Å²) in [4.78, 5) is 33.4. The van der Waals surface area contributed by atoms with Crippen LogP contribution in [-0.4, -0.2) is 37.4 Å². The molecule has 0 aromatic carbocycles. The number of ketones is 1. The van der Waals surface area contributed by atoms with Gasteiger partial charge in [0.15, 0.2) is 11.7 Å². The monoisotopic (exact) mass is 366 g/mol. The van der Waals surface area contributed by atoms with Crippen LogP contribution < -0.4 is 4.90 Å². The van der Waals surface area contributed by atoms with E-state index in [2.05, 4.69) is 4.98 Å². The lowest BCUT2D eigenvalue weighted by molar-refractivity contribution is 0.0481. The largest absolute Gasteiger partial charge is 0.453 e. The van der Waals surface area contributed by atoms with Gasteiger partial charge >= 0.3 is 5.97 Å². The van der Waals surface area contributed by atoms with Gasteiger partial charge in [0.25, 0.3) is 0 Å². The van der Waals surface area contributed by atoms with Gasteiger partial charge in [0.05, 0.1) is 9.58 Å². The fourth-order valence-electron chi connectivity index (χ4n) is 1.87. The van der Waals surface area contributed by atoms with Crippen molar-refractivity contribution in [1.82, 2.24) is 4.98 Å². The Kier molecular flexibility index (Phi) is 4.47. The van der Waals surface area contributed by atoms with Gasteiger partial charge in [-0.3, -0.25) is 4.79 Å². The van der Waals surface area contributed by atoms with E-state index in [9.17, 15) is 9.59 Å². The minimum atomic E-state index is -0.478. The molecule has 3 aromatic rings. The van der Waals surface area contributed by atoms with E-state index in [0.29, 0.717) is 9.75 Å². The van der Waals surface area contributed by atoms with E-state index in [-0.39, 0.29) is 12.4 Å². The Hall–Kier alpha value is -1.77. The molecular weight excluding hydrogens is 352 g/mol. The molecule has 0 spiro atoms. The van der Waals surface area contributed by atoms with Gasteiger partial charge in [-0.15, -0.1) is 22.7 Å². The number of hydrogen-bond donors (Lipinski definition) is 0. The number of aromatic nitrogens is 1. The summed E-state index contributed by atoms with van der Waals surface area (Å²) in [7, 11) is 3.85. The number of rotatable bonds is 5. The van der Waals surface area contributed by atoms with E-state index < -0.39 is 5.97 Å². The number of nitrogens with zero attached hydrogens (tertiary/aromatic N) is 2. The first-order valence-corrected chi connectivity index (χ1v) is 9.23. The zero-order valence-corrected chi connectivity index (χ0v) is 15.2. The van der Waals surface area contributed by atoms with E-state index in [1.54, 1.807) is 12.1 Å². The van der Waals surface area contributed by atoms with Crippen LogP contribution in [0.5, 0.6) is 0 Å². The number of carbonyl (C=O) groups is 2. The summed E-state index contributed by atoms with van der Waals surface area (Å²) in [5, 5.41) is 0.898. The predicted octanol–water partition coefficient (Wildman–Crippen LogP) is 3.83. The first-order valence-electron chi connectivity index (χ1n) is 6.78. The number of ether oxygens (including phenoxy) is 1. The summed E-state index contributed by atoms with van der Waals surface area (Å²) in [6.45, 7) is 1.70. The lowest BCUT2D eigenvalue weighted by atomic mass is 10.3. The van der Waals surface area contributed by atoms with E-state index in [1.165, 1.54) is 34.0 Å². The second kappa shape index (κ2) is 6.38. The molecule has 3 rings (SSSR count). The summed E-state index contributed by atoms with van der Waals surface area (Å²) in [5.74, 6) is -0.656. The maximum atomic E-state index is 12.1. The van der Waals surface area contributed by atoms with Crippen LogP contribution in [0.2, 0.25) is 0 Å². The van der Waals surface area contributed by atoms with Crippen LogP contribution in [0, 0.1) is 6.92 Å². The van der Waals surface area contributed by atoms with Crippen molar-refractivity contribution in [3.63, 3.8) is 0 Å². The van der Waals surface area contributed by atoms with Gasteiger partial charge in [0, 0.05) is 19.0 Å². The molecule has 0 saturated carbocycles. The average molecular weight is 366 g/mol. The molecule has 0 unspecified atom stereocenters. The van der Waals surface area contributed by atoms with E-state index in [4.69, 9.17) is 4.74 Å². The molecule has 0 atom stereocenters. The lowest BCUT2D eigenvalue weighted by Gasteiger charge is -2.05. The quantitative estimate of drug-likeness (QED) is 0.507. The fraction of sp³-hybridized carbons (Fsp3) is 0.267. The number of aryl methyl sites for hydroxylation is 1. The van der Waals surface area contributed by atoms with Crippen molar-refractivity contribution in [2.45, 2.75) is 6.92 Å². The molecule has 0 fully saturated rings. The van der Waals surface area contributed by atoms with Crippen molar-refractivity contribution >= 4 is 60.4 Å². The van der Waals surface area contributed by atoms with Crippen LogP contribution in [0.4, 0.5) is 5.13 Å². The van der Waals surface area contributed by atoms with Crippen LogP contribution in [-0.2, 0) is 4.74 Å². The molecule has 3 heterocycles. The Morgan fingerprint density at radius 3 is 2.57 bits per heavy atom. The molecule has 8 heteroatoms. The maximum absolute atomic E-state index is 12.1. The minimum absolute atomic E-state index is 0.178. The second-order valence-electron chi connectivity index (χ2n) is 5.08. The van der Waals surface area contributed by atoms with Crippen molar-refractivity contribution in [3.8, 4) is 0 Å². The van der Waals surface area contributed by atoms with Gasteiger partial charge in [-0.2, -0.15) is 0 Å². The maximum Gasteiger partial charge on any atom is 0.348 e. The second-order valence-corrected chi connectivity index (χ2v) is 8.41. The van der Waals surface area contributed by atoms with E-state index in [0.717, 1.165) is 19.5 Å². The van der Waals surface area contributed by atoms with Gasteiger partial charge in [-0.05, 0) is 25.1 Å². The van der Waals surface area contributed by atoms with Crippen LogP contribution in [0.25, 0.3) is 9.53 Å². The van der Waals surface area contributed by atoms with Crippen molar-refractivity contribution in [1.29, 1.82) is 0 Å². The Morgan fingerprint density at radius 1 is 1.17 bits per heavy atom. The standard InChI is InChI=1S/C15H14N2O3S3/c1-8-4-5-10(21-8)9(18)7-20-14(19)12-6-11-13(22-12)16-15(23-11)17(2)3/h4-6H,7H2,1-3H3. The zero-order valence-electron chi connectivity index (χ0n) is 12.8. The van der Waals surface area contributed by atoms with Crippen molar-refractivity contribution in [2.24, 2.45) is 0 Å².